The Morgan fingerprint density at radius 2 is 2.44 bits per heavy atom. The van der Waals surface area contributed by atoms with Gasteiger partial charge in [-0.05, 0) is 14.0 Å². The normalized spacial score (nSPS) is 17.9. The zero-order valence-corrected chi connectivity index (χ0v) is 9.53. The second-order valence-corrected chi connectivity index (χ2v) is 3.97. The Bertz CT molecular complexity index is 371. The Kier molecular flexibility index (Phi) is 3.21. The number of likely N-dealkylation sites (N-methyl/N-ethyl adjacent to an activating group) is 1. The standard InChI is InChI=1S/C10H17N5O/c1-7(11-2)10(16)14-9-3-4-13-15(9)8-5-12-6-8/h3-4,7-8,11-12H,5-6H2,1-2H3,(H,14,16). The van der Waals surface area contributed by atoms with Gasteiger partial charge >= 0.3 is 0 Å². The van der Waals surface area contributed by atoms with Gasteiger partial charge in [0.15, 0.2) is 0 Å². The van der Waals surface area contributed by atoms with E-state index < -0.39 is 0 Å². The van der Waals surface area contributed by atoms with Crippen LogP contribution in [-0.2, 0) is 4.79 Å². The van der Waals surface area contributed by atoms with E-state index in [0.717, 1.165) is 18.9 Å². The largest absolute Gasteiger partial charge is 0.312 e. The molecule has 1 unspecified atom stereocenters. The van der Waals surface area contributed by atoms with Crippen LogP contribution in [-0.4, -0.2) is 41.9 Å². The van der Waals surface area contributed by atoms with E-state index in [1.54, 1.807) is 13.2 Å². The molecule has 1 atom stereocenters. The van der Waals surface area contributed by atoms with Crippen molar-refractivity contribution in [2.24, 2.45) is 0 Å². The molecule has 6 heteroatoms. The van der Waals surface area contributed by atoms with Crippen molar-refractivity contribution in [1.29, 1.82) is 0 Å². The first-order valence-corrected chi connectivity index (χ1v) is 5.44. The number of hydrogen-bond acceptors (Lipinski definition) is 4. The van der Waals surface area contributed by atoms with Gasteiger partial charge in [0.2, 0.25) is 5.91 Å². The SMILES string of the molecule is CNC(C)C(=O)Nc1ccnn1C1CNC1. The Hall–Kier alpha value is -1.40. The lowest BCUT2D eigenvalue weighted by atomic mass is 10.2. The summed E-state index contributed by atoms with van der Waals surface area (Å²) < 4.78 is 1.86. The average Bonchev–Trinajstić information content (AvgIpc) is 2.62. The summed E-state index contributed by atoms with van der Waals surface area (Å²) >= 11 is 0. The smallest absolute Gasteiger partial charge is 0.242 e. The number of nitrogens with one attached hydrogen (secondary N) is 3. The highest BCUT2D eigenvalue weighted by molar-refractivity contribution is 5.93. The van der Waals surface area contributed by atoms with E-state index in [2.05, 4.69) is 21.0 Å². The molecule has 1 aliphatic rings. The molecule has 6 nitrogen and oxygen atoms in total. The van der Waals surface area contributed by atoms with Crippen LogP contribution in [0.5, 0.6) is 0 Å². The van der Waals surface area contributed by atoms with E-state index in [0.29, 0.717) is 6.04 Å². The minimum atomic E-state index is -0.206. The molecule has 1 fully saturated rings. The van der Waals surface area contributed by atoms with Crippen LogP contribution in [0, 0.1) is 0 Å². The monoisotopic (exact) mass is 223 g/mol. The first-order chi connectivity index (χ1) is 7.72. The molecule has 2 rings (SSSR count). The van der Waals surface area contributed by atoms with E-state index in [4.69, 9.17) is 0 Å². The topological polar surface area (TPSA) is 71.0 Å². The van der Waals surface area contributed by atoms with Crippen LogP contribution in [0.4, 0.5) is 5.82 Å². The van der Waals surface area contributed by atoms with Crippen LogP contribution >= 0.6 is 0 Å². The lowest BCUT2D eigenvalue weighted by molar-refractivity contribution is -0.117. The van der Waals surface area contributed by atoms with E-state index in [-0.39, 0.29) is 11.9 Å². The molecular formula is C10H17N5O. The Balaban J connectivity index is 2.03. The van der Waals surface area contributed by atoms with Gasteiger partial charge in [-0.2, -0.15) is 5.10 Å². The summed E-state index contributed by atoms with van der Waals surface area (Å²) in [6, 6.07) is 1.97. The number of carbonyl (C=O) groups is 1. The van der Waals surface area contributed by atoms with Gasteiger partial charge in [-0.15, -0.1) is 0 Å². The van der Waals surface area contributed by atoms with Gasteiger partial charge in [-0.3, -0.25) is 4.79 Å². The van der Waals surface area contributed by atoms with Gasteiger partial charge in [-0.1, -0.05) is 0 Å². The number of nitrogens with zero attached hydrogens (tertiary/aromatic N) is 2. The molecule has 0 aliphatic carbocycles. The van der Waals surface area contributed by atoms with Crippen molar-refractivity contribution in [3.05, 3.63) is 12.3 Å². The fourth-order valence-corrected chi connectivity index (χ4v) is 1.52. The molecule has 0 spiro atoms. The molecule has 0 saturated carbocycles. The van der Waals surface area contributed by atoms with Gasteiger partial charge in [0, 0.05) is 19.2 Å². The van der Waals surface area contributed by atoms with Crippen LogP contribution in [0.2, 0.25) is 0 Å². The second-order valence-electron chi connectivity index (χ2n) is 3.97. The fraction of sp³-hybridized carbons (Fsp3) is 0.600. The zero-order chi connectivity index (χ0) is 11.5. The maximum Gasteiger partial charge on any atom is 0.242 e. The molecule has 16 heavy (non-hydrogen) atoms. The first-order valence-electron chi connectivity index (χ1n) is 5.44. The summed E-state index contributed by atoms with van der Waals surface area (Å²) in [7, 11) is 1.76. The number of rotatable bonds is 4. The predicted octanol–water partition coefficient (Wildman–Crippen LogP) is -0.426. The molecule has 2 heterocycles. The molecule has 1 aliphatic heterocycles. The quantitative estimate of drug-likeness (QED) is 0.648. The minimum absolute atomic E-state index is 0.0449. The van der Waals surface area contributed by atoms with Crippen molar-refractivity contribution < 1.29 is 4.79 Å². The van der Waals surface area contributed by atoms with Gasteiger partial charge < -0.3 is 16.0 Å². The van der Waals surface area contributed by atoms with Crippen LogP contribution in [0.15, 0.2) is 12.3 Å². The summed E-state index contributed by atoms with van der Waals surface area (Å²) in [6.07, 6.45) is 1.71. The highest BCUT2D eigenvalue weighted by Gasteiger charge is 2.22. The van der Waals surface area contributed by atoms with Crippen molar-refractivity contribution in [3.8, 4) is 0 Å². The van der Waals surface area contributed by atoms with Gasteiger partial charge in [0.05, 0.1) is 18.3 Å². The number of aromatic nitrogens is 2. The molecule has 0 bridgehead atoms. The maximum atomic E-state index is 11.7. The number of carbonyl (C=O) groups excluding carboxylic acids is 1. The van der Waals surface area contributed by atoms with E-state index in [1.165, 1.54) is 0 Å². The van der Waals surface area contributed by atoms with Gasteiger partial charge in [0.25, 0.3) is 0 Å². The van der Waals surface area contributed by atoms with Crippen LogP contribution in [0.3, 0.4) is 0 Å². The zero-order valence-electron chi connectivity index (χ0n) is 9.53. The summed E-state index contributed by atoms with van der Waals surface area (Å²) in [4.78, 5) is 11.7. The van der Waals surface area contributed by atoms with Gasteiger partial charge in [-0.25, -0.2) is 4.68 Å². The van der Waals surface area contributed by atoms with Crippen molar-refractivity contribution in [2.45, 2.75) is 19.0 Å². The number of anilines is 1. The molecule has 1 saturated heterocycles. The maximum absolute atomic E-state index is 11.7. The van der Waals surface area contributed by atoms with Gasteiger partial charge in [0.1, 0.15) is 5.82 Å². The Labute approximate surface area is 94.4 Å². The third kappa shape index (κ3) is 2.07. The van der Waals surface area contributed by atoms with Crippen LogP contribution < -0.4 is 16.0 Å². The molecule has 1 amide bonds. The van der Waals surface area contributed by atoms with E-state index >= 15 is 0 Å². The van der Waals surface area contributed by atoms with E-state index in [1.807, 2.05) is 17.7 Å². The average molecular weight is 223 g/mol. The summed E-state index contributed by atoms with van der Waals surface area (Å²) in [6.45, 7) is 3.64. The fourth-order valence-electron chi connectivity index (χ4n) is 1.52. The van der Waals surface area contributed by atoms with E-state index in [9.17, 15) is 4.79 Å². The van der Waals surface area contributed by atoms with Crippen LogP contribution in [0.25, 0.3) is 0 Å². The molecule has 1 aromatic heterocycles. The molecule has 0 radical (unpaired) electrons. The summed E-state index contributed by atoms with van der Waals surface area (Å²) in [5, 5.41) is 13.2. The predicted molar refractivity (Wildman–Crippen MR) is 61.3 cm³/mol. The molecule has 0 aromatic carbocycles. The number of amides is 1. The number of hydrogen-bond donors (Lipinski definition) is 3. The second kappa shape index (κ2) is 4.63. The Morgan fingerprint density at radius 3 is 3.00 bits per heavy atom. The minimum Gasteiger partial charge on any atom is -0.312 e. The summed E-state index contributed by atoms with van der Waals surface area (Å²) in [5.74, 6) is 0.718. The lowest BCUT2D eigenvalue weighted by Gasteiger charge is -2.28. The van der Waals surface area contributed by atoms with Crippen LogP contribution in [0.1, 0.15) is 13.0 Å². The molecular weight excluding hydrogens is 206 g/mol. The third-order valence-corrected chi connectivity index (χ3v) is 2.85. The van der Waals surface area contributed by atoms with Crippen molar-refractivity contribution in [2.75, 3.05) is 25.5 Å². The lowest BCUT2D eigenvalue weighted by Crippen LogP contribution is -2.44. The Morgan fingerprint density at radius 1 is 1.69 bits per heavy atom. The highest BCUT2D eigenvalue weighted by atomic mass is 16.2. The first kappa shape index (κ1) is 11.1. The third-order valence-electron chi connectivity index (χ3n) is 2.85. The summed E-state index contributed by atoms with van der Waals surface area (Å²) in [5.41, 5.74) is 0. The highest BCUT2D eigenvalue weighted by Crippen LogP contribution is 2.17. The van der Waals surface area contributed by atoms with Crippen molar-refractivity contribution in [3.63, 3.8) is 0 Å². The van der Waals surface area contributed by atoms with Crippen molar-refractivity contribution >= 4 is 11.7 Å². The van der Waals surface area contributed by atoms with Crippen molar-refractivity contribution in [1.82, 2.24) is 20.4 Å². The molecule has 88 valence electrons. The molecule has 1 aromatic rings. The molecule has 3 N–H and O–H groups in total.